The topological polar surface area (TPSA) is 115 Å². The first kappa shape index (κ1) is 18.8. The Balaban J connectivity index is 1.76. The normalized spacial score (nSPS) is 11.7. The average molecular weight is 409 g/mol. The lowest BCUT2D eigenvalue weighted by Gasteiger charge is -2.12. The number of carbonyl (C=O) groups excluding carboxylic acids is 1. The first-order valence-corrected chi connectivity index (χ1v) is 10.9. The van der Waals surface area contributed by atoms with E-state index in [0.29, 0.717) is 5.69 Å². The number of hydrogen-bond acceptors (Lipinski definition) is 7. The molecule has 0 unspecified atom stereocenters. The number of anilines is 1. The zero-order chi connectivity index (χ0) is 18.9. The van der Waals surface area contributed by atoms with Crippen LogP contribution in [0.2, 0.25) is 0 Å². The summed E-state index contributed by atoms with van der Waals surface area (Å²) >= 11 is 2.83. The van der Waals surface area contributed by atoms with E-state index in [-0.39, 0.29) is 16.6 Å². The Morgan fingerprint density at radius 2 is 2.08 bits per heavy atom. The number of aromatic nitrogens is 2. The highest BCUT2D eigenvalue weighted by molar-refractivity contribution is 8.00. The minimum absolute atomic E-state index is 0.0281. The highest BCUT2D eigenvalue weighted by atomic mass is 32.2. The molecule has 0 bridgehead atoms. The van der Waals surface area contributed by atoms with Crippen molar-refractivity contribution in [3.63, 3.8) is 0 Å². The Bertz CT molecular complexity index is 1090. The molecule has 136 valence electrons. The molecule has 3 aromatic rings. The Kier molecular flexibility index (Phi) is 5.28. The third kappa shape index (κ3) is 4.04. The van der Waals surface area contributed by atoms with Crippen LogP contribution in [0.1, 0.15) is 11.1 Å². The molecule has 0 saturated heterocycles. The summed E-state index contributed by atoms with van der Waals surface area (Å²) in [5.74, 6) is -0.116. The van der Waals surface area contributed by atoms with E-state index in [4.69, 9.17) is 5.14 Å². The highest BCUT2D eigenvalue weighted by Gasteiger charge is 2.15. The summed E-state index contributed by atoms with van der Waals surface area (Å²) in [6.45, 7) is 3.58. The van der Waals surface area contributed by atoms with E-state index >= 15 is 0 Å². The summed E-state index contributed by atoms with van der Waals surface area (Å²) in [5, 5.41) is 10.6. The molecule has 0 aliphatic heterocycles. The number of nitrogens with one attached hydrogen (secondary N) is 1. The van der Waals surface area contributed by atoms with Crippen molar-refractivity contribution < 1.29 is 13.2 Å². The number of benzene rings is 1. The van der Waals surface area contributed by atoms with Gasteiger partial charge in [-0.05, 0) is 48.6 Å². The van der Waals surface area contributed by atoms with Crippen molar-refractivity contribution in [1.29, 1.82) is 0 Å². The van der Waals surface area contributed by atoms with Crippen molar-refractivity contribution in [2.45, 2.75) is 23.8 Å². The first-order chi connectivity index (χ1) is 12.3. The SMILES string of the molecule is Cc1cc(S(N)(=O)=O)cc(NC(=O)CSc2ncnc3ccsc23)c1C. The summed E-state index contributed by atoms with van der Waals surface area (Å²) in [6, 6.07) is 4.77. The number of fused-ring (bicyclic) bond motifs is 1. The number of aryl methyl sites for hydroxylation is 1. The number of amides is 1. The summed E-state index contributed by atoms with van der Waals surface area (Å²) in [4.78, 5) is 20.7. The second-order valence-electron chi connectivity index (χ2n) is 5.61. The van der Waals surface area contributed by atoms with Gasteiger partial charge in [-0.25, -0.2) is 23.5 Å². The van der Waals surface area contributed by atoms with Gasteiger partial charge in [-0.2, -0.15) is 0 Å². The lowest BCUT2D eigenvalue weighted by molar-refractivity contribution is -0.113. The lowest BCUT2D eigenvalue weighted by atomic mass is 10.1. The van der Waals surface area contributed by atoms with Crippen molar-refractivity contribution >= 4 is 54.9 Å². The van der Waals surface area contributed by atoms with Crippen LogP contribution in [-0.2, 0) is 14.8 Å². The van der Waals surface area contributed by atoms with Crippen LogP contribution in [0.3, 0.4) is 0 Å². The minimum Gasteiger partial charge on any atom is -0.325 e. The van der Waals surface area contributed by atoms with E-state index in [2.05, 4.69) is 15.3 Å². The van der Waals surface area contributed by atoms with Gasteiger partial charge in [0.2, 0.25) is 15.9 Å². The van der Waals surface area contributed by atoms with E-state index in [0.717, 1.165) is 26.4 Å². The number of thioether (sulfide) groups is 1. The average Bonchev–Trinajstić information content (AvgIpc) is 3.05. The zero-order valence-electron chi connectivity index (χ0n) is 14.0. The molecule has 0 atom stereocenters. The number of nitrogens with zero attached hydrogens (tertiary/aromatic N) is 2. The molecule has 1 amide bonds. The Hall–Kier alpha value is -2.01. The van der Waals surface area contributed by atoms with Crippen LogP contribution >= 0.6 is 23.1 Å². The van der Waals surface area contributed by atoms with E-state index in [1.54, 1.807) is 6.92 Å². The molecule has 3 rings (SSSR count). The molecule has 0 fully saturated rings. The van der Waals surface area contributed by atoms with Gasteiger partial charge in [0.05, 0.1) is 20.9 Å². The molecule has 0 aliphatic carbocycles. The van der Waals surface area contributed by atoms with Crippen LogP contribution < -0.4 is 10.5 Å². The van der Waals surface area contributed by atoms with Crippen molar-refractivity contribution in [1.82, 2.24) is 9.97 Å². The number of rotatable bonds is 5. The molecular formula is C16H16N4O3S3. The van der Waals surface area contributed by atoms with Gasteiger partial charge in [0.25, 0.3) is 0 Å². The maximum absolute atomic E-state index is 12.3. The van der Waals surface area contributed by atoms with Gasteiger partial charge >= 0.3 is 0 Å². The van der Waals surface area contributed by atoms with E-state index in [1.165, 1.54) is 41.6 Å². The summed E-state index contributed by atoms with van der Waals surface area (Å²) < 4.78 is 24.1. The van der Waals surface area contributed by atoms with Crippen molar-refractivity contribution in [3.05, 3.63) is 41.0 Å². The highest BCUT2D eigenvalue weighted by Crippen LogP contribution is 2.29. The maximum atomic E-state index is 12.3. The van der Waals surface area contributed by atoms with Crippen LogP contribution in [0.25, 0.3) is 10.2 Å². The Morgan fingerprint density at radius 1 is 1.31 bits per heavy atom. The molecule has 0 radical (unpaired) electrons. The minimum atomic E-state index is -3.85. The number of thiophene rings is 1. The lowest BCUT2D eigenvalue weighted by Crippen LogP contribution is -2.17. The van der Waals surface area contributed by atoms with Crippen LogP contribution in [0.5, 0.6) is 0 Å². The third-order valence-electron chi connectivity index (χ3n) is 3.79. The fourth-order valence-corrected chi connectivity index (χ4v) is 4.68. The van der Waals surface area contributed by atoms with E-state index < -0.39 is 10.0 Å². The fourth-order valence-electron chi connectivity index (χ4n) is 2.31. The van der Waals surface area contributed by atoms with Gasteiger partial charge in [0.15, 0.2) is 0 Å². The van der Waals surface area contributed by atoms with Crippen LogP contribution in [0.4, 0.5) is 5.69 Å². The zero-order valence-corrected chi connectivity index (χ0v) is 16.5. The van der Waals surface area contributed by atoms with Gasteiger partial charge in [-0.1, -0.05) is 11.8 Å². The van der Waals surface area contributed by atoms with Crippen LogP contribution in [-0.4, -0.2) is 30.0 Å². The standard InChI is InChI=1S/C16H16N4O3S3/c1-9-5-11(26(17,22)23)6-13(10(9)2)20-14(21)7-25-16-15-12(3-4-24-15)18-8-19-16/h3-6,8H,7H2,1-2H3,(H,20,21)(H2,17,22,23). The predicted molar refractivity (Wildman–Crippen MR) is 104 cm³/mol. The number of hydrogen-bond donors (Lipinski definition) is 2. The fraction of sp³-hybridized carbons (Fsp3) is 0.188. The van der Waals surface area contributed by atoms with Gasteiger partial charge in [0.1, 0.15) is 11.4 Å². The second-order valence-corrected chi connectivity index (χ2v) is 9.05. The molecule has 26 heavy (non-hydrogen) atoms. The van der Waals surface area contributed by atoms with E-state index in [9.17, 15) is 13.2 Å². The summed E-state index contributed by atoms with van der Waals surface area (Å²) in [5.41, 5.74) is 2.80. The van der Waals surface area contributed by atoms with Crippen molar-refractivity contribution in [2.75, 3.05) is 11.1 Å². The largest absolute Gasteiger partial charge is 0.325 e. The molecule has 3 N–H and O–H groups in total. The number of sulfonamides is 1. The third-order valence-corrected chi connectivity index (χ3v) is 6.72. The van der Waals surface area contributed by atoms with Gasteiger partial charge in [0, 0.05) is 5.69 Å². The number of primary sulfonamides is 1. The van der Waals surface area contributed by atoms with Gasteiger partial charge in [-0.15, -0.1) is 11.3 Å². The maximum Gasteiger partial charge on any atom is 0.238 e. The molecule has 1 aromatic carbocycles. The molecule has 0 spiro atoms. The number of nitrogens with two attached hydrogens (primary N) is 1. The molecule has 2 heterocycles. The van der Waals surface area contributed by atoms with Crippen LogP contribution in [0, 0.1) is 13.8 Å². The Labute approximate surface area is 159 Å². The monoisotopic (exact) mass is 408 g/mol. The molecular weight excluding hydrogens is 392 g/mol. The van der Waals surface area contributed by atoms with Gasteiger partial charge < -0.3 is 5.32 Å². The molecule has 7 nitrogen and oxygen atoms in total. The van der Waals surface area contributed by atoms with E-state index in [1.807, 2.05) is 18.4 Å². The molecule has 0 aliphatic rings. The number of carbonyl (C=O) groups is 1. The molecule has 2 aromatic heterocycles. The van der Waals surface area contributed by atoms with Gasteiger partial charge in [-0.3, -0.25) is 4.79 Å². The van der Waals surface area contributed by atoms with Crippen molar-refractivity contribution in [2.24, 2.45) is 5.14 Å². The summed E-state index contributed by atoms with van der Waals surface area (Å²) in [7, 11) is -3.85. The predicted octanol–water partition coefficient (Wildman–Crippen LogP) is 2.69. The summed E-state index contributed by atoms with van der Waals surface area (Å²) in [6.07, 6.45) is 1.47. The Morgan fingerprint density at radius 3 is 2.81 bits per heavy atom. The second kappa shape index (κ2) is 7.31. The van der Waals surface area contributed by atoms with Crippen LogP contribution in [0.15, 0.2) is 39.8 Å². The van der Waals surface area contributed by atoms with Crippen molar-refractivity contribution in [3.8, 4) is 0 Å². The smallest absolute Gasteiger partial charge is 0.238 e. The first-order valence-electron chi connectivity index (χ1n) is 7.50. The molecule has 10 heteroatoms. The quantitative estimate of drug-likeness (QED) is 0.495. The molecule has 0 saturated carbocycles.